The fraction of sp³-hybridized carbons (Fsp3) is 0.455. The average Bonchev–Trinajstić information content (AvgIpc) is 2.18. The van der Waals surface area contributed by atoms with Gasteiger partial charge in [-0.15, -0.1) is 0 Å². The lowest BCUT2D eigenvalue weighted by Gasteiger charge is -2.12. The third-order valence-electron chi connectivity index (χ3n) is 2.10. The summed E-state index contributed by atoms with van der Waals surface area (Å²) >= 11 is 0. The Labute approximate surface area is 84.3 Å². The molecule has 0 aliphatic carbocycles. The molecule has 1 aromatic rings. The van der Waals surface area contributed by atoms with Crippen molar-refractivity contribution in [2.24, 2.45) is 0 Å². The number of aliphatic hydroxyl groups excluding tert-OH is 1. The van der Waals surface area contributed by atoms with Gasteiger partial charge in [-0.05, 0) is 30.2 Å². The number of hydrogen-bond acceptors (Lipinski definition) is 3. The van der Waals surface area contributed by atoms with E-state index in [0.717, 1.165) is 16.9 Å². The van der Waals surface area contributed by atoms with Crippen LogP contribution in [0.3, 0.4) is 0 Å². The molecular weight excluding hydrogens is 180 g/mol. The van der Waals surface area contributed by atoms with Crippen LogP contribution in [0.15, 0.2) is 18.2 Å². The van der Waals surface area contributed by atoms with Gasteiger partial charge in [0.1, 0.15) is 5.75 Å². The first-order chi connectivity index (χ1) is 6.69. The first-order valence-electron chi connectivity index (χ1n) is 4.53. The van der Waals surface area contributed by atoms with Gasteiger partial charge >= 0.3 is 0 Å². The first kappa shape index (κ1) is 11.0. The van der Waals surface area contributed by atoms with Crippen LogP contribution in [-0.4, -0.2) is 19.3 Å². The van der Waals surface area contributed by atoms with Crippen molar-refractivity contribution in [2.75, 3.05) is 14.2 Å². The van der Waals surface area contributed by atoms with Crippen molar-refractivity contribution in [3.8, 4) is 5.75 Å². The van der Waals surface area contributed by atoms with Crippen LogP contribution in [0.4, 0.5) is 0 Å². The fourth-order valence-corrected chi connectivity index (χ4v) is 1.38. The summed E-state index contributed by atoms with van der Waals surface area (Å²) in [5.74, 6) is 0.751. The topological polar surface area (TPSA) is 38.7 Å². The van der Waals surface area contributed by atoms with E-state index in [0.29, 0.717) is 6.61 Å². The molecule has 3 nitrogen and oxygen atoms in total. The van der Waals surface area contributed by atoms with Crippen molar-refractivity contribution >= 4 is 0 Å². The van der Waals surface area contributed by atoms with Crippen LogP contribution in [0.1, 0.15) is 24.2 Å². The van der Waals surface area contributed by atoms with Crippen LogP contribution in [0.25, 0.3) is 0 Å². The largest absolute Gasteiger partial charge is 0.497 e. The van der Waals surface area contributed by atoms with E-state index in [1.807, 2.05) is 18.2 Å². The quantitative estimate of drug-likeness (QED) is 0.799. The second-order valence-corrected chi connectivity index (χ2v) is 3.17. The molecular formula is C11H16O3. The fourth-order valence-electron chi connectivity index (χ4n) is 1.38. The highest BCUT2D eigenvalue weighted by molar-refractivity contribution is 5.36. The predicted molar refractivity (Wildman–Crippen MR) is 54.3 cm³/mol. The SMILES string of the molecule is COCc1ccc(OC)cc1C(C)O. The Morgan fingerprint density at radius 1 is 1.36 bits per heavy atom. The standard InChI is InChI=1S/C11H16O3/c1-8(12)11-6-10(14-3)5-4-9(11)7-13-2/h4-6,8,12H,7H2,1-3H3. The van der Waals surface area contributed by atoms with Gasteiger partial charge in [-0.1, -0.05) is 6.07 Å². The lowest BCUT2D eigenvalue weighted by atomic mass is 10.0. The van der Waals surface area contributed by atoms with Crippen molar-refractivity contribution < 1.29 is 14.6 Å². The Morgan fingerprint density at radius 3 is 2.57 bits per heavy atom. The van der Waals surface area contributed by atoms with Crippen molar-refractivity contribution in [3.63, 3.8) is 0 Å². The van der Waals surface area contributed by atoms with Crippen molar-refractivity contribution in [1.82, 2.24) is 0 Å². The van der Waals surface area contributed by atoms with Crippen molar-refractivity contribution in [1.29, 1.82) is 0 Å². The Hall–Kier alpha value is -1.06. The maximum Gasteiger partial charge on any atom is 0.119 e. The molecule has 0 heterocycles. The van der Waals surface area contributed by atoms with Crippen LogP contribution in [-0.2, 0) is 11.3 Å². The molecule has 14 heavy (non-hydrogen) atoms. The van der Waals surface area contributed by atoms with Crippen LogP contribution in [0.2, 0.25) is 0 Å². The zero-order valence-electron chi connectivity index (χ0n) is 8.78. The third-order valence-corrected chi connectivity index (χ3v) is 2.10. The zero-order valence-corrected chi connectivity index (χ0v) is 8.78. The van der Waals surface area contributed by atoms with Crippen LogP contribution >= 0.6 is 0 Å². The summed E-state index contributed by atoms with van der Waals surface area (Å²) < 4.78 is 10.1. The molecule has 1 atom stereocenters. The maximum absolute atomic E-state index is 9.54. The molecule has 1 aromatic carbocycles. The summed E-state index contributed by atoms with van der Waals surface area (Å²) in [6, 6.07) is 5.60. The van der Waals surface area contributed by atoms with Gasteiger partial charge in [-0.25, -0.2) is 0 Å². The normalized spacial score (nSPS) is 12.6. The highest BCUT2D eigenvalue weighted by Gasteiger charge is 2.08. The van der Waals surface area contributed by atoms with Gasteiger partial charge in [0.15, 0.2) is 0 Å². The second kappa shape index (κ2) is 4.98. The Kier molecular flexibility index (Phi) is 3.92. The zero-order chi connectivity index (χ0) is 10.6. The molecule has 0 aliphatic rings. The molecule has 78 valence electrons. The minimum Gasteiger partial charge on any atom is -0.497 e. The first-order valence-corrected chi connectivity index (χ1v) is 4.53. The molecule has 0 saturated carbocycles. The molecule has 1 unspecified atom stereocenters. The van der Waals surface area contributed by atoms with E-state index in [2.05, 4.69) is 0 Å². The summed E-state index contributed by atoms with van der Waals surface area (Å²) in [5, 5.41) is 9.54. The molecule has 1 rings (SSSR count). The molecule has 0 aromatic heterocycles. The summed E-state index contributed by atoms with van der Waals surface area (Å²) in [7, 11) is 3.24. The van der Waals surface area contributed by atoms with Crippen LogP contribution in [0.5, 0.6) is 5.75 Å². The van der Waals surface area contributed by atoms with E-state index in [1.54, 1.807) is 21.1 Å². The number of benzene rings is 1. The second-order valence-electron chi connectivity index (χ2n) is 3.17. The Morgan fingerprint density at radius 2 is 2.07 bits per heavy atom. The van der Waals surface area contributed by atoms with Gasteiger partial charge in [0.2, 0.25) is 0 Å². The van der Waals surface area contributed by atoms with Gasteiger partial charge in [0.25, 0.3) is 0 Å². The Balaban J connectivity index is 3.03. The minimum atomic E-state index is -0.504. The smallest absolute Gasteiger partial charge is 0.119 e. The van der Waals surface area contributed by atoms with E-state index in [1.165, 1.54) is 0 Å². The molecule has 0 spiro atoms. The van der Waals surface area contributed by atoms with Gasteiger partial charge in [-0.3, -0.25) is 0 Å². The van der Waals surface area contributed by atoms with Crippen LogP contribution < -0.4 is 4.74 Å². The number of ether oxygens (including phenoxy) is 2. The molecule has 0 aliphatic heterocycles. The molecule has 0 amide bonds. The highest BCUT2D eigenvalue weighted by atomic mass is 16.5. The summed E-state index contributed by atoms with van der Waals surface area (Å²) in [6.07, 6.45) is -0.504. The third kappa shape index (κ3) is 2.47. The number of rotatable bonds is 4. The van der Waals surface area contributed by atoms with E-state index >= 15 is 0 Å². The summed E-state index contributed by atoms with van der Waals surface area (Å²) in [6.45, 7) is 2.23. The van der Waals surface area contributed by atoms with E-state index in [4.69, 9.17) is 9.47 Å². The molecule has 0 fully saturated rings. The lowest BCUT2D eigenvalue weighted by Crippen LogP contribution is -2.00. The van der Waals surface area contributed by atoms with Gasteiger partial charge in [-0.2, -0.15) is 0 Å². The highest BCUT2D eigenvalue weighted by Crippen LogP contribution is 2.23. The van der Waals surface area contributed by atoms with Gasteiger partial charge in [0.05, 0.1) is 19.8 Å². The lowest BCUT2D eigenvalue weighted by molar-refractivity contribution is 0.170. The molecule has 1 N–H and O–H groups in total. The van der Waals surface area contributed by atoms with Gasteiger partial charge < -0.3 is 14.6 Å². The number of hydrogen-bond donors (Lipinski definition) is 1. The predicted octanol–water partition coefficient (Wildman–Crippen LogP) is 1.89. The van der Waals surface area contributed by atoms with Crippen molar-refractivity contribution in [3.05, 3.63) is 29.3 Å². The van der Waals surface area contributed by atoms with E-state index in [-0.39, 0.29) is 0 Å². The number of methoxy groups -OCH3 is 2. The van der Waals surface area contributed by atoms with E-state index < -0.39 is 6.10 Å². The molecule has 0 saturated heterocycles. The monoisotopic (exact) mass is 196 g/mol. The minimum absolute atomic E-state index is 0.504. The molecule has 0 radical (unpaired) electrons. The molecule has 3 heteroatoms. The van der Waals surface area contributed by atoms with E-state index in [9.17, 15) is 5.11 Å². The van der Waals surface area contributed by atoms with Crippen LogP contribution in [0, 0.1) is 0 Å². The maximum atomic E-state index is 9.54. The Bertz CT molecular complexity index is 295. The summed E-state index contributed by atoms with van der Waals surface area (Å²) in [5.41, 5.74) is 1.84. The summed E-state index contributed by atoms with van der Waals surface area (Å²) in [4.78, 5) is 0. The average molecular weight is 196 g/mol. The number of aliphatic hydroxyl groups is 1. The van der Waals surface area contributed by atoms with Crippen molar-refractivity contribution in [2.45, 2.75) is 19.6 Å². The molecule has 0 bridgehead atoms. The van der Waals surface area contributed by atoms with Gasteiger partial charge in [0, 0.05) is 7.11 Å².